The van der Waals surface area contributed by atoms with Crippen LogP contribution < -0.4 is 15.4 Å². The topological polar surface area (TPSA) is 67.4 Å². The number of ether oxygens (including phenoxy) is 1. The Balaban J connectivity index is 1.65. The number of hydrogen-bond donors (Lipinski definition) is 2. The normalized spacial score (nSPS) is 10.1. The first-order valence-corrected chi connectivity index (χ1v) is 7.55. The number of nitrogens with one attached hydrogen (secondary N) is 2. The lowest BCUT2D eigenvalue weighted by Gasteiger charge is -2.09. The van der Waals surface area contributed by atoms with E-state index < -0.39 is 5.82 Å². The Morgan fingerprint density at radius 3 is 2.46 bits per heavy atom. The number of hydrogen-bond acceptors (Lipinski definition) is 3. The van der Waals surface area contributed by atoms with Crippen LogP contribution in [0.1, 0.15) is 15.9 Å². The SMILES string of the molecule is Cc1ccc(C(=O)NCC(=O)NCCOc2ccccc2F)cc1. The van der Waals surface area contributed by atoms with E-state index in [1.807, 2.05) is 19.1 Å². The second kappa shape index (κ2) is 8.67. The molecule has 24 heavy (non-hydrogen) atoms. The van der Waals surface area contributed by atoms with E-state index in [0.717, 1.165) is 5.56 Å². The second-order valence-corrected chi connectivity index (χ2v) is 5.18. The first kappa shape index (κ1) is 17.5. The van der Waals surface area contributed by atoms with Gasteiger partial charge < -0.3 is 15.4 Å². The number of halogens is 1. The van der Waals surface area contributed by atoms with Crippen molar-refractivity contribution in [3.63, 3.8) is 0 Å². The van der Waals surface area contributed by atoms with Crippen LogP contribution in [0, 0.1) is 12.7 Å². The Hall–Kier alpha value is -2.89. The zero-order chi connectivity index (χ0) is 17.4. The van der Waals surface area contributed by atoms with Crippen LogP contribution in [0.25, 0.3) is 0 Å². The molecule has 0 bridgehead atoms. The molecule has 0 spiro atoms. The minimum atomic E-state index is -0.450. The van der Waals surface area contributed by atoms with Gasteiger partial charge in [0.1, 0.15) is 6.61 Å². The van der Waals surface area contributed by atoms with Gasteiger partial charge in [-0.2, -0.15) is 0 Å². The summed E-state index contributed by atoms with van der Waals surface area (Å²) < 4.78 is 18.5. The lowest BCUT2D eigenvalue weighted by atomic mass is 10.1. The fourth-order valence-corrected chi connectivity index (χ4v) is 1.94. The highest BCUT2D eigenvalue weighted by atomic mass is 19.1. The third-order valence-corrected chi connectivity index (χ3v) is 3.24. The van der Waals surface area contributed by atoms with E-state index in [2.05, 4.69) is 10.6 Å². The number of para-hydroxylation sites is 1. The third-order valence-electron chi connectivity index (χ3n) is 3.24. The lowest BCUT2D eigenvalue weighted by molar-refractivity contribution is -0.120. The van der Waals surface area contributed by atoms with Gasteiger partial charge in [0.25, 0.3) is 5.91 Å². The number of rotatable bonds is 7. The van der Waals surface area contributed by atoms with E-state index in [1.54, 1.807) is 24.3 Å². The molecule has 2 N–H and O–H groups in total. The van der Waals surface area contributed by atoms with E-state index in [0.29, 0.717) is 5.56 Å². The van der Waals surface area contributed by atoms with Crippen molar-refractivity contribution in [3.05, 3.63) is 65.5 Å². The van der Waals surface area contributed by atoms with E-state index in [9.17, 15) is 14.0 Å². The second-order valence-electron chi connectivity index (χ2n) is 5.18. The molecule has 5 nitrogen and oxygen atoms in total. The summed E-state index contributed by atoms with van der Waals surface area (Å²) in [5.74, 6) is -0.964. The summed E-state index contributed by atoms with van der Waals surface area (Å²) in [4.78, 5) is 23.5. The summed E-state index contributed by atoms with van der Waals surface area (Å²) in [5.41, 5.74) is 1.55. The van der Waals surface area contributed by atoms with Crippen LogP contribution in [-0.4, -0.2) is 31.5 Å². The van der Waals surface area contributed by atoms with E-state index in [1.165, 1.54) is 12.1 Å². The number of carbonyl (C=O) groups is 2. The predicted molar refractivity (Wildman–Crippen MR) is 88.4 cm³/mol. The molecular weight excluding hydrogens is 311 g/mol. The van der Waals surface area contributed by atoms with E-state index in [-0.39, 0.29) is 37.3 Å². The third kappa shape index (κ3) is 5.39. The molecule has 126 valence electrons. The van der Waals surface area contributed by atoms with Crippen molar-refractivity contribution in [1.82, 2.24) is 10.6 Å². The van der Waals surface area contributed by atoms with Gasteiger partial charge in [0.05, 0.1) is 13.1 Å². The van der Waals surface area contributed by atoms with Gasteiger partial charge in [-0.15, -0.1) is 0 Å². The van der Waals surface area contributed by atoms with Crippen LogP contribution in [0.3, 0.4) is 0 Å². The van der Waals surface area contributed by atoms with E-state index in [4.69, 9.17) is 4.74 Å². The number of aryl methyl sites for hydroxylation is 1. The van der Waals surface area contributed by atoms with Gasteiger partial charge in [0.15, 0.2) is 11.6 Å². The molecule has 0 fully saturated rings. The monoisotopic (exact) mass is 330 g/mol. The minimum Gasteiger partial charge on any atom is -0.489 e. The van der Waals surface area contributed by atoms with Gasteiger partial charge in [-0.05, 0) is 31.2 Å². The highest BCUT2D eigenvalue weighted by Gasteiger charge is 2.07. The first-order valence-electron chi connectivity index (χ1n) is 7.55. The standard InChI is InChI=1S/C18H19FN2O3/c1-13-6-8-14(9-7-13)18(23)21-12-17(22)20-10-11-24-16-5-3-2-4-15(16)19/h2-9H,10-12H2,1H3,(H,20,22)(H,21,23). The smallest absolute Gasteiger partial charge is 0.251 e. The molecule has 0 saturated carbocycles. The largest absolute Gasteiger partial charge is 0.489 e. The summed E-state index contributed by atoms with van der Waals surface area (Å²) >= 11 is 0. The Labute approximate surface area is 139 Å². The molecule has 0 heterocycles. The maximum absolute atomic E-state index is 13.3. The average Bonchev–Trinajstić information content (AvgIpc) is 2.58. The van der Waals surface area contributed by atoms with Crippen molar-refractivity contribution in [2.24, 2.45) is 0 Å². The fraction of sp³-hybridized carbons (Fsp3) is 0.222. The van der Waals surface area contributed by atoms with Crippen LogP contribution in [0.2, 0.25) is 0 Å². The van der Waals surface area contributed by atoms with Crippen molar-refractivity contribution >= 4 is 11.8 Å². The Kier molecular flexibility index (Phi) is 6.31. The molecule has 0 aromatic heterocycles. The van der Waals surface area contributed by atoms with Crippen LogP contribution in [0.4, 0.5) is 4.39 Å². The van der Waals surface area contributed by atoms with Gasteiger partial charge >= 0.3 is 0 Å². The zero-order valence-electron chi connectivity index (χ0n) is 13.3. The molecule has 6 heteroatoms. The summed E-state index contributed by atoms with van der Waals surface area (Å²) in [6.45, 7) is 2.15. The van der Waals surface area contributed by atoms with Crippen LogP contribution in [0.15, 0.2) is 48.5 Å². The Bertz CT molecular complexity index is 702. The van der Waals surface area contributed by atoms with Crippen molar-refractivity contribution in [2.45, 2.75) is 6.92 Å². The van der Waals surface area contributed by atoms with Crippen molar-refractivity contribution in [1.29, 1.82) is 0 Å². The van der Waals surface area contributed by atoms with Gasteiger partial charge in [-0.3, -0.25) is 9.59 Å². The highest BCUT2D eigenvalue weighted by molar-refractivity contribution is 5.96. The summed E-state index contributed by atoms with van der Waals surface area (Å²) in [6.07, 6.45) is 0. The maximum Gasteiger partial charge on any atom is 0.251 e. The average molecular weight is 330 g/mol. The molecule has 2 aromatic rings. The quantitative estimate of drug-likeness (QED) is 0.764. The molecule has 2 amide bonds. The van der Waals surface area contributed by atoms with Gasteiger partial charge in [-0.25, -0.2) is 4.39 Å². The molecule has 0 saturated heterocycles. The molecular formula is C18H19FN2O3. The van der Waals surface area contributed by atoms with E-state index >= 15 is 0 Å². The Morgan fingerprint density at radius 1 is 1.04 bits per heavy atom. The molecule has 0 aliphatic heterocycles. The van der Waals surface area contributed by atoms with Gasteiger partial charge in [0.2, 0.25) is 5.91 Å². The maximum atomic E-state index is 13.3. The predicted octanol–water partition coefficient (Wildman–Crippen LogP) is 2.06. The molecule has 0 unspecified atom stereocenters. The molecule has 0 aliphatic rings. The summed E-state index contributed by atoms with van der Waals surface area (Å²) in [5, 5.41) is 5.12. The highest BCUT2D eigenvalue weighted by Crippen LogP contribution is 2.14. The van der Waals surface area contributed by atoms with Gasteiger partial charge in [-0.1, -0.05) is 29.8 Å². The van der Waals surface area contributed by atoms with Crippen molar-refractivity contribution < 1.29 is 18.7 Å². The summed E-state index contributed by atoms with van der Waals surface area (Å²) in [6, 6.07) is 13.1. The molecule has 2 aromatic carbocycles. The molecule has 2 rings (SSSR count). The number of carbonyl (C=O) groups excluding carboxylic acids is 2. The van der Waals surface area contributed by atoms with Crippen molar-refractivity contribution in [3.8, 4) is 5.75 Å². The van der Waals surface area contributed by atoms with Crippen LogP contribution in [0.5, 0.6) is 5.75 Å². The van der Waals surface area contributed by atoms with Crippen LogP contribution >= 0.6 is 0 Å². The zero-order valence-corrected chi connectivity index (χ0v) is 13.3. The lowest BCUT2D eigenvalue weighted by Crippen LogP contribution is -2.38. The first-order chi connectivity index (χ1) is 11.6. The minimum absolute atomic E-state index is 0.133. The summed E-state index contributed by atoms with van der Waals surface area (Å²) in [7, 11) is 0. The molecule has 0 atom stereocenters. The number of amides is 2. The van der Waals surface area contributed by atoms with Crippen molar-refractivity contribution in [2.75, 3.05) is 19.7 Å². The van der Waals surface area contributed by atoms with Gasteiger partial charge in [0, 0.05) is 5.56 Å². The van der Waals surface area contributed by atoms with Crippen LogP contribution in [-0.2, 0) is 4.79 Å². The molecule has 0 radical (unpaired) electrons. The molecule has 0 aliphatic carbocycles. The fourth-order valence-electron chi connectivity index (χ4n) is 1.94. The Morgan fingerprint density at radius 2 is 1.75 bits per heavy atom. The number of benzene rings is 2.